The van der Waals surface area contributed by atoms with Crippen LogP contribution < -0.4 is 10.2 Å². The molecular weight excluding hydrogens is 733 g/mol. The van der Waals surface area contributed by atoms with Crippen LogP contribution in [-0.4, -0.2) is 119 Å². The summed E-state index contributed by atoms with van der Waals surface area (Å²) in [5.74, 6) is 0.516. The van der Waals surface area contributed by atoms with Crippen molar-refractivity contribution < 1.29 is 24.2 Å². The van der Waals surface area contributed by atoms with Crippen LogP contribution in [0.4, 0.5) is 0 Å². The number of amides is 2. The normalized spacial score (nSPS) is 16.3. The predicted octanol–water partition coefficient (Wildman–Crippen LogP) is 5.07. The first-order valence-electron chi connectivity index (χ1n) is 18.7. The van der Waals surface area contributed by atoms with Gasteiger partial charge < -0.3 is 34.7 Å². The van der Waals surface area contributed by atoms with Gasteiger partial charge in [0.2, 0.25) is 5.91 Å². The molecule has 2 amide bonds. The lowest BCUT2D eigenvalue weighted by Crippen LogP contribution is -2.57. The van der Waals surface area contributed by atoms with Crippen LogP contribution in [0.1, 0.15) is 77.5 Å². The molecule has 0 bridgehead atoms. The number of likely N-dealkylation sites (N-methyl/N-ethyl adjacent to an activating group) is 1. The summed E-state index contributed by atoms with van der Waals surface area (Å²) >= 11 is 4.46. The number of hydrogen-bond donors (Lipinski definition) is 3. The van der Waals surface area contributed by atoms with Gasteiger partial charge in [-0.15, -0.1) is 22.7 Å². The minimum Gasteiger partial charge on any atom is -0.506 e. The highest BCUT2D eigenvalue weighted by atomic mass is 32.1. The molecule has 0 atom stereocenters. The summed E-state index contributed by atoms with van der Waals surface area (Å²) in [6, 6.07) is 5.74. The van der Waals surface area contributed by atoms with Crippen LogP contribution in [0.5, 0.6) is 5.75 Å². The summed E-state index contributed by atoms with van der Waals surface area (Å²) in [5.41, 5.74) is 3.05. The third-order valence-corrected chi connectivity index (χ3v) is 13.2. The molecule has 3 N–H and O–H groups in total. The fraction of sp³-hybridized carbons (Fsp3) is 0.579. The van der Waals surface area contributed by atoms with Crippen molar-refractivity contribution >= 4 is 56.0 Å². The van der Waals surface area contributed by atoms with Crippen LogP contribution in [-0.2, 0) is 33.7 Å². The van der Waals surface area contributed by atoms with Crippen LogP contribution in [0.25, 0.3) is 10.2 Å². The van der Waals surface area contributed by atoms with Gasteiger partial charge in [0, 0.05) is 62.0 Å². The number of likely N-dealkylation sites (tertiary alicyclic amines) is 1. The first-order chi connectivity index (χ1) is 25.6. The number of hydrogen-bond acceptors (Lipinski definition) is 12. The van der Waals surface area contributed by atoms with Gasteiger partial charge in [0.15, 0.2) is 0 Å². The van der Waals surface area contributed by atoms with Crippen molar-refractivity contribution in [1.29, 1.82) is 0 Å². The maximum absolute atomic E-state index is 13.2. The van der Waals surface area contributed by atoms with E-state index in [1.807, 2.05) is 28.2 Å². The minimum absolute atomic E-state index is 0.0212. The van der Waals surface area contributed by atoms with Crippen molar-refractivity contribution in [2.24, 2.45) is 0 Å². The average molecular weight is 785 g/mol. The number of rotatable bonds is 17. The first-order valence-corrected chi connectivity index (χ1v) is 21.3. The molecule has 2 saturated heterocycles. The second kappa shape index (κ2) is 18.4. The molecule has 2 aliphatic heterocycles. The van der Waals surface area contributed by atoms with Crippen molar-refractivity contribution in [1.82, 2.24) is 30.0 Å². The molecule has 12 nitrogen and oxygen atoms in total. The molecule has 6 rings (SSSR count). The second-order valence-electron chi connectivity index (χ2n) is 14.2. The molecule has 288 valence electrons. The number of ether oxygens (including phenoxy) is 2. The van der Waals surface area contributed by atoms with Crippen LogP contribution in [0.15, 0.2) is 33.8 Å². The van der Waals surface area contributed by atoms with Gasteiger partial charge in [-0.1, -0.05) is 31.3 Å². The Kier molecular flexibility index (Phi) is 13.7. The Hall–Kier alpha value is -3.18. The molecule has 3 aromatic heterocycles. The minimum atomic E-state index is -0.275. The van der Waals surface area contributed by atoms with Gasteiger partial charge in [-0.25, -0.2) is 4.98 Å². The molecule has 15 heteroatoms. The zero-order valence-corrected chi connectivity index (χ0v) is 33.4. The number of aromatic hydroxyl groups is 1. The van der Waals surface area contributed by atoms with Crippen molar-refractivity contribution in [3.05, 3.63) is 65.3 Å². The Balaban J connectivity index is 0.839. The lowest BCUT2D eigenvalue weighted by Gasteiger charge is -2.47. The number of aromatic amines is 1. The summed E-state index contributed by atoms with van der Waals surface area (Å²) in [6.07, 6.45) is 3.71. The molecule has 53 heavy (non-hydrogen) atoms. The molecule has 1 aromatic carbocycles. The summed E-state index contributed by atoms with van der Waals surface area (Å²) in [4.78, 5) is 52.5. The largest absolute Gasteiger partial charge is 0.506 e. The summed E-state index contributed by atoms with van der Waals surface area (Å²) in [7, 11) is 0. The van der Waals surface area contributed by atoms with E-state index in [-0.39, 0.29) is 28.0 Å². The Bertz CT molecular complexity index is 1880. The predicted molar refractivity (Wildman–Crippen MR) is 212 cm³/mol. The van der Waals surface area contributed by atoms with Gasteiger partial charge in [-0.05, 0) is 67.8 Å². The lowest BCUT2D eigenvalue weighted by molar-refractivity contribution is -0.132. The van der Waals surface area contributed by atoms with Crippen LogP contribution in [0.3, 0.4) is 0 Å². The average Bonchev–Trinajstić information content (AvgIpc) is 3.92. The maximum Gasteiger partial charge on any atom is 0.305 e. The number of nitrogens with zero attached hydrogens (tertiary/aromatic N) is 4. The molecule has 2 aliphatic rings. The second-order valence-corrected chi connectivity index (χ2v) is 17.1. The SMILES string of the molecule is CCN(CCNCCc1ccc(O)c2[nH]c(=O)sc12)C(=O)CCOCCc1csc(CN2CCC3(CC2)CN(C(=O)c2csc(C(C)C)n2)CCO3)c1. The molecule has 1 spiro atoms. The summed E-state index contributed by atoms with van der Waals surface area (Å²) in [6.45, 7) is 14.4. The Morgan fingerprint density at radius 1 is 1.13 bits per heavy atom. The number of nitrogens with one attached hydrogen (secondary N) is 2. The zero-order chi connectivity index (χ0) is 37.4. The zero-order valence-electron chi connectivity index (χ0n) is 31.0. The number of phenolic OH excluding ortho intramolecular Hbond substituents is 1. The van der Waals surface area contributed by atoms with E-state index in [0.717, 1.165) is 71.9 Å². The van der Waals surface area contributed by atoms with Crippen LogP contribution >= 0.6 is 34.0 Å². The van der Waals surface area contributed by atoms with Gasteiger partial charge >= 0.3 is 4.87 Å². The van der Waals surface area contributed by atoms with E-state index >= 15 is 0 Å². The maximum atomic E-state index is 13.2. The van der Waals surface area contributed by atoms with Crippen molar-refractivity contribution in [2.45, 2.75) is 70.9 Å². The van der Waals surface area contributed by atoms with Gasteiger partial charge in [-0.3, -0.25) is 19.3 Å². The number of carbonyl (C=O) groups is 2. The molecular formula is C38H52N6O6S3. The van der Waals surface area contributed by atoms with Crippen molar-refractivity contribution in [2.75, 3.05) is 72.2 Å². The monoisotopic (exact) mass is 784 g/mol. The third kappa shape index (κ3) is 10.3. The fourth-order valence-electron chi connectivity index (χ4n) is 7.01. The van der Waals surface area contributed by atoms with Crippen LogP contribution in [0.2, 0.25) is 0 Å². The fourth-order valence-corrected chi connectivity index (χ4v) is 9.69. The van der Waals surface area contributed by atoms with Crippen molar-refractivity contribution in [3.8, 4) is 5.75 Å². The van der Waals surface area contributed by atoms with E-state index < -0.39 is 0 Å². The van der Waals surface area contributed by atoms with Gasteiger partial charge in [0.1, 0.15) is 17.0 Å². The van der Waals surface area contributed by atoms with E-state index in [1.54, 1.807) is 28.7 Å². The number of thiophene rings is 1. The van der Waals surface area contributed by atoms with E-state index in [1.165, 1.54) is 10.4 Å². The first kappa shape index (κ1) is 39.5. The number of morpholine rings is 1. The number of H-pyrrole nitrogens is 1. The Labute approximate surface area is 323 Å². The summed E-state index contributed by atoms with van der Waals surface area (Å²) < 4.78 is 13.0. The van der Waals surface area contributed by atoms with Crippen molar-refractivity contribution in [3.63, 3.8) is 0 Å². The molecule has 2 fully saturated rings. The number of carbonyl (C=O) groups excluding carboxylic acids is 2. The van der Waals surface area contributed by atoms with Crippen LogP contribution in [0, 0.1) is 0 Å². The van der Waals surface area contributed by atoms with Gasteiger partial charge in [-0.2, -0.15) is 0 Å². The smallest absolute Gasteiger partial charge is 0.305 e. The number of benzene rings is 1. The number of aromatic nitrogens is 2. The van der Waals surface area contributed by atoms with Gasteiger partial charge in [0.05, 0.1) is 48.1 Å². The highest BCUT2D eigenvalue weighted by Gasteiger charge is 2.41. The standard InChI is InChI=1S/C38H52N6O6S3/c1-4-43(16-13-39-12-7-28-5-6-31(45)33-34(28)53-37(48)41-33)32(46)9-19-49-18-8-27-21-29(51-23-27)22-42-14-10-38(11-15-42)25-44(17-20-50-38)36(47)30-24-52-35(40-30)26(2)3/h5-6,21,23-24,26,39,45H,4,7-20,22,25H2,1-3H3,(H,41,48). The highest BCUT2D eigenvalue weighted by Crippen LogP contribution is 2.33. The van der Waals surface area contributed by atoms with E-state index in [2.05, 4.69) is 45.5 Å². The molecule has 0 radical (unpaired) electrons. The third-order valence-electron chi connectivity index (χ3n) is 10.1. The van der Waals surface area contributed by atoms with Gasteiger partial charge in [0.25, 0.3) is 5.91 Å². The molecule has 5 heterocycles. The highest BCUT2D eigenvalue weighted by molar-refractivity contribution is 7.16. The Morgan fingerprint density at radius 2 is 1.96 bits per heavy atom. The molecule has 0 aliphatic carbocycles. The van der Waals surface area contributed by atoms with E-state index in [0.29, 0.717) is 82.6 Å². The van der Waals surface area contributed by atoms with E-state index in [4.69, 9.17) is 9.47 Å². The number of phenols is 1. The number of piperidine rings is 1. The Morgan fingerprint density at radius 3 is 2.74 bits per heavy atom. The molecule has 4 aromatic rings. The quantitative estimate of drug-likeness (QED) is 0.125. The van der Waals surface area contributed by atoms with E-state index in [9.17, 15) is 19.5 Å². The summed E-state index contributed by atoms with van der Waals surface area (Å²) in [5, 5.41) is 18.5. The molecule has 0 unspecified atom stereocenters. The topological polar surface area (TPSA) is 140 Å². The number of fused-ring (bicyclic) bond motifs is 1. The lowest BCUT2D eigenvalue weighted by atomic mass is 9.89. The molecule has 0 saturated carbocycles. The number of thiazole rings is 2.